The number of rotatable bonds is 5. The maximum absolute atomic E-state index is 10.7. The molecule has 0 aliphatic heterocycles. The summed E-state index contributed by atoms with van der Waals surface area (Å²) in [5, 5.41) is 11.4. The summed E-state index contributed by atoms with van der Waals surface area (Å²) >= 11 is 12.2. The van der Waals surface area contributed by atoms with Gasteiger partial charge in [0, 0.05) is 23.6 Å². The molecule has 3 nitrogen and oxygen atoms in total. The van der Waals surface area contributed by atoms with Gasteiger partial charge in [0.2, 0.25) is 0 Å². The second kappa shape index (κ2) is 7.14. The van der Waals surface area contributed by atoms with Gasteiger partial charge in [-0.25, -0.2) is 0 Å². The van der Waals surface area contributed by atoms with Crippen LogP contribution in [-0.4, -0.2) is 18.8 Å². The number of nitrogens with two attached hydrogens (primary N) is 1. The Bertz CT molecular complexity index is 619. The summed E-state index contributed by atoms with van der Waals surface area (Å²) in [6, 6.07) is 12.7. The fraction of sp³-hybridized carbons (Fsp3) is 0.250. The fourth-order valence-corrected chi connectivity index (χ4v) is 2.78. The predicted molar refractivity (Wildman–Crippen MR) is 86.2 cm³/mol. The van der Waals surface area contributed by atoms with E-state index in [9.17, 15) is 5.11 Å². The molecule has 5 heteroatoms. The van der Waals surface area contributed by atoms with Crippen LogP contribution in [0.2, 0.25) is 10.0 Å². The first-order chi connectivity index (χ1) is 10.1. The molecule has 2 unspecified atom stereocenters. The third-order valence-corrected chi connectivity index (χ3v) is 4.31. The largest absolute Gasteiger partial charge is 0.496 e. The van der Waals surface area contributed by atoms with E-state index in [1.54, 1.807) is 25.3 Å². The average molecular weight is 326 g/mol. The zero-order valence-electron chi connectivity index (χ0n) is 11.6. The molecule has 21 heavy (non-hydrogen) atoms. The van der Waals surface area contributed by atoms with Gasteiger partial charge in [0.15, 0.2) is 0 Å². The van der Waals surface area contributed by atoms with Gasteiger partial charge in [-0.2, -0.15) is 0 Å². The topological polar surface area (TPSA) is 55.5 Å². The lowest BCUT2D eigenvalue weighted by molar-refractivity contribution is 0.146. The van der Waals surface area contributed by atoms with Gasteiger partial charge in [0.1, 0.15) is 5.75 Å². The zero-order chi connectivity index (χ0) is 15.4. The van der Waals surface area contributed by atoms with E-state index in [4.69, 9.17) is 33.7 Å². The number of hydrogen-bond donors (Lipinski definition) is 2. The summed E-state index contributed by atoms with van der Waals surface area (Å²) in [6.07, 6.45) is -0.863. The number of hydrogen-bond acceptors (Lipinski definition) is 3. The van der Waals surface area contributed by atoms with Crippen molar-refractivity contribution in [1.82, 2.24) is 0 Å². The highest BCUT2D eigenvalue weighted by atomic mass is 35.5. The number of ether oxygens (including phenoxy) is 1. The Labute approximate surface area is 134 Å². The average Bonchev–Trinajstić information content (AvgIpc) is 2.51. The van der Waals surface area contributed by atoms with Crippen LogP contribution in [0.15, 0.2) is 42.5 Å². The molecule has 2 aromatic carbocycles. The quantitative estimate of drug-likeness (QED) is 0.879. The summed E-state index contributed by atoms with van der Waals surface area (Å²) < 4.78 is 5.34. The highest BCUT2D eigenvalue weighted by Gasteiger charge is 2.26. The van der Waals surface area contributed by atoms with Gasteiger partial charge in [0.05, 0.1) is 23.3 Å². The smallest absolute Gasteiger partial charge is 0.122 e. The van der Waals surface area contributed by atoms with Crippen molar-refractivity contribution >= 4 is 23.2 Å². The van der Waals surface area contributed by atoms with Crippen LogP contribution in [0.25, 0.3) is 0 Å². The number of benzene rings is 2. The molecular formula is C16H17Cl2NO2. The third-order valence-electron chi connectivity index (χ3n) is 3.47. The molecule has 0 spiro atoms. The second-order valence-electron chi connectivity index (χ2n) is 4.67. The number of halogens is 2. The van der Waals surface area contributed by atoms with Crippen molar-refractivity contribution in [3.63, 3.8) is 0 Å². The highest BCUT2D eigenvalue weighted by molar-refractivity contribution is 6.42. The van der Waals surface area contributed by atoms with E-state index < -0.39 is 6.10 Å². The van der Waals surface area contributed by atoms with E-state index in [2.05, 4.69) is 0 Å². The standard InChI is InChI=1S/C16H17Cl2NO2/c1-21-14-8-3-2-5-10(14)12(9-19)16(20)11-6-4-7-13(17)15(11)18/h2-8,12,16,20H,9,19H2,1H3. The first kappa shape index (κ1) is 16.1. The van der Waals surface area contributed by atoms with Crippen LogP contribution < -0.4 is 10.5 Å². The lowest BCUT2D eigenvalue weighted by Gasteiger charge is -2.25. The minimum Gasteiger partial charge on any atom is -0.496 e. The molecule has 0 saturated carbocycles. The first-order valence-electron chi connectivity index (χ1n) is 6.55. The van der Waals surface area contributed by atoms with Crippen LogP contribution in [0.4, 0.5) is 0 Å². The van der Waals surface area contributed by atoms with E-state index in [0.29, 0.717) is 21.4 Å². The van der Waals surface area contributed by atoms with Gasteiger partial charge < -0.3 is 15.6 Å². The maximum atomic E-state index is 10.7. The van der Waals surface area contributed by atoms with Crippen LogP contribution in [0.1, 0.15) is 23.1 Å². The van der Waals surface area contributed by atoms with Gasteiger partial charge in [-0.3, -0.25) is 0 Å². The Morgan fingerprint density at radius 1 is 1.10 bits per heavy atom. The SMILES string of the molecule is COc1ccccc1C(CN)C(O)c1cccc(Cl)c1Cl. The molecule has 2 atom stereocenters. The summed E-state index contributed by atoms with van der Waals surface area (Å²) in [4.78, 5) is 0. The van der Waals surface area contributed by atoms with E-state index in [-0.39, 0.29) is 12.5 Å². The molecule has 0 aromatic heterocycles. The van der Waals surface area contributed by atoms with Gasteiger partial charge in [-0.05, 0) is 12.1 Å². The van der Waals surface area contributed by atoms with Gasteiger partial charge in [0.25, 0.3) is 0 Å². The van der Waals surface area contributed by atoms with Crippen LogP contribution >= 0.6 is 23.2 Å². The third kappa shape index (κ3) is 3.33. The fourth-order valence-electron chi connectivity index (χ4n) is 2.36. The van der Waals surface area contributed by atoms with Crippen molar-refractivity contribution in [3.05, 3.63) is 63.6 Å². The predicted octanol–water partition coefficient (Wildman–Crippen LogP) is 3.78. The van der Waals surface area contributed by atoms with Crippen molar-refractivity contribution in [2.45, 2.75) is 12.0 Å². The van der Waals surface area contributed by atoms with Gasteiger partial charge >= 0.3 is 0 Å². The number of aliphatic hydroxyl groups is 1. The number of aliphatic hydroxyl groups excluding tert-OH is 1. The number of methoxy groups -OCH3 is 1. The maximum Gasteiger partial charge on any atom is 0.122 e. The Balaban J connectivity index is 2.43. The lowest BCUT2D eigenvalue weighted by Crippen LogP contribution is -2.21. The molecule has 0 saturated heterocycles. The molecule has 2 rings (SSSR count). The molecule has 0 radical (unpaired) electrons. The lowest BCUT2D eigenvalue weighted by atomic mass is 9.88. The molecule has 112 valence electrons. The molecule has 0 aliphatic carbocycles. The Morgan fingerprint density at radius 3 is 2.43 bits per heavy atom. The van der Waals surface area contributed by atoms with Crippen LogP contribution in [0.5, 0.6) is 5.75 Å². The molecular weight excluding hydrogens is 309 g/mol. The summed E-state index contributed by atoms with van der Waals surface area (Å²) in [7, 11) is 1.59. The normalized spacial score (nSPS) is 13.8. The highest BCUT2D eigenvalue weighted by Crippen LogP contribution is 2.39. The molecule has 3 N–H and O–H groups in total. The van der Waals surface area contributed by atoms with Crippen molar-refractivity contribution < 1.29 is 9.84 Å². The molecule has 2 aromatic rings. The molecule has 0 aliphatic rings. The Kier molecular flexibility index (Phi) is 5.48. The number of para-hydroxylation sites is 1. The summed E-state index contributed by atoms with van der Waals surface area (Å²) in [6.45, 7) is 0.254. The zero-order valence-corrected chi connectivity index (χ0v) is 13.1. The summed E-state index contributed by atoms with van der Waals surface area (Å²) in [5.74, 6) is 0.349. The molecule has 0 bridgehead atoms. The van der Waals surface area contributed by atoms with Crippen molar-refractivity contribution in [3.8, 4) is 5.75 Å². The van der Waals surface area contributed by atoms with Crippen molar-refractivity contribution in [2.75, 3.05) is 13.7 Å². The van der Waals surface area contributed by atoms with Gasteiger partial charge in [-0.15, -0.1) is 0 Å². The second-order valence-corrected chi connectivity index (χ2v) is 5.46. The molecule has 0 fully saturated rings. The van der Waals surface area contributed by atoms with Crippen molar-refractivity contribution in [1.29, 1.82) is 0 Å². The van der Waals surface area contributed by atoms with E-state index in [1.807, 2.05) is 24.3 Å². The Hall–Kier alpha value is -1.26. The molecule has 0 heterocycles. The molecule has 0 amide bonds. The van der Waals surface area contributed by atoms with E-state index in [1.165, 1.54) is 0 Å². The van der Waals surface area contributed by atoms with Crippen LogP contribution in [0.3, 0.4) is 0 Å². The van der Waals surface area contributed by atoms with Crippen molar-refractivity contribution in [2.24, 2.45) is 5.73 Å². The minimum absolute atomic E-state index is 0.254. The van der Waals surface area contributed by atoms with Gasteiger partial charge in [-0.1, -0.05) is 53.5 Å². The van der Waals surface area contributed by atoms with Crippen LogP contribution in [-0.2, 0) is 0 Å². The Morgan fingerprint density at radius 2 is 1.76 bits per heavy atom. The summed E-state index contributed by atoms with van der Waals surface area (Å²) in [5.41, 5.74) is 7.26. The first-order valence-corrected chi connectivity index (χ1v) is 7.30. The minimum atomic E-state index is -0.863. The van der Waals surface area contributed by atoms with E-state index in [0.717, 1.165) is 5.56 Å². The van der Waals surface area contributed by atoms with E-state index >= 15 is 0 Å². The monoisotopic (exact) mass is 325 g/mol. The van der Waals surface area contributed by atoms with Crippen LogP contribution in [0, 0.1) is 0 Å².